The fourth-order valence-corrected chi connectivity index (χ4v) is 9.43. The number of hydrogen-bond acceptors (Lipinski definition) is 3. The summed E-state index contributed by atoms with van der Waals surface area (Å²) >= 11 is 0. The first-order chi connectivity index (χ1) is 36.7. The lowest BCUT2D eigenvalue weighted by Crippen LogP contribution is -2.45. The van der Waals surface area contributed by atoms with Gasteiger partial charge in [-0.3, -0.25) is 4.79 Å². The minimum absolute atomic E-state index is 0.0736. The number of aliphatic hydroxyl groups is 2. The molecule has 0 saturated heterocycles. The molecule has 0 aliphatic rings. The number of carbonyl (C=O) groups excluding carboxylic acids is 1. The number of amides is 1. The Balaban J connectivity index is 3.56. The summed E-state index contributed by atoms with van der Waals surface area (Å²) < 4.78 is 0. The van der Waals surface area contributed by atoms with E-state index in [4.69, 9.17) is 0 Å². The summed E-state index contributed by atoms with van der Waals surface area (Å²) in [6, 6.07) is -0.636. The second kappa shape index (κ2) is 64.3. The average molecular weight is 1030 g/mol. The standard InChI is InChI=1S/C70H123NO3/c1-3-5-7-9-11-13-15-17-19-21-23-25-27-29-31-33-34-35-36-38-40-42-44-46-48-50-52-54-56-58-60-62-64-66-70(74)71-68(67-72)69(73)65-63-61-59-57-55-53-51-49-47-45-43-41-39-37-32-30-28-26-24-22-20-18-16-14-12-10-8-6-4-2/h5,7,11,13,17,19,23,25,29,31,34-35,38,40,44,46,63,65,68-69,72-73H,3-4,6,8-10,12,14-16,18,20-22,24,26-28,30,32-33,36-37,39,41-43,45,47-62,64,66-67H2,1-2H3,(H,71,74)/b7-5-,13-11-,19-17-,25-23-,31-29-,35-34-,40-38-,46-44-,65-63+. The number of unbranched alkanes of at least 4 members (excludes halogenated alkanes) is 35. The summed E-state index contributed by atoms with van der Waals surface area (Å²) in [5.41, 5.74) is 0. The maximum Gasteiger partial charge on any atom is 0.220 e. The molecule has 0 aromatic carbocycles. The van der Waals surface area contributed by atoms with Crippen molar-refractivity contribution in [1.29, 1.82) is 0 Å². The number of allylic oxidation sites excluding steroid dienone is 17. The summed E-state index contributed by atoms with van der Waals surface area (Å²) in [6.07, 6.45) is 97.1. The SMILES string of the molecule is CC/C=C\C/C=C\C/C=C\C/C=C\C/C=C\C/C=C\C/C=C\C/C=C\CCCCCCCCCCC(=O)NC(CO)C(O)/C=C/CCCCCCCCCCCCCCCCCCCCCCCCCCCCC. The molecular formula is C70H123NO3. The number of aliphatic hydroxyl groups excluding tert-OH is 2. The van der Waals surface area contributed by atoms with Gasteiger partial charge in [-0.2, -0.15) is 0 Å². The Kier molecular flexibility index (Phi) is 61.8. The number of nitrogens with one attached hydrogen (secondary N) is 1. The molecule has 0 saturated carbocycles. The molecule has 0 rings (SSSR count). The van der Waals surface area contributed by atoms with Crippen LogP contribution in [-0.4, -0.2) is 34.9 Å². The highest BCUT2D eigenvalue weighted by atomic mass is 16.3. The molecule has 0 aliphatic heterocycles. The van der Waals surface area contributed by atoms with Crippen LogP contribution in [0.3, 0.4) is 0 Å². The van der Waals surface area contributed by atoms with E-state index in [1.165, 1.54) is 199 Å². The lowest BCUT2D eigenvalue weighted by Gasteiger charge is -2.20. The topological polar surface area (TPSA) is 69.6 Å². The smallest absolute Gasteiger partial charge is 0.220 e. The summed E-state index contributed by atoms with van der Waals surface area (Å²) in [5, 5.41) is 23.3. The molecule has 0 heterocycles. The minimum Gasteiger partial charge on any atom is -0.394 e. The Hall–Kier alpha value is -2.95. The van der Waals surface area contributed by atoms with Gasteiger partial charge in [0.25, 0.3) is 0 Å². The van der Waals surface area contributed by atoms with Crippen molar-refractivity contribution in [3.8, 4) is 0 Å². The minimum atomic E-state index is -0.852. The van der Waals surface area contributed by atoms with Crippen LogP contribution in [0.5, 0.6) is 0 Å². The van der Waals surface area contributed by atoms with Crippen molar-refractivity contribution in [2.24, 2.45) is 0 Å². The number of rotatable bonds is 58. The van der Waals surface area contributed by atoms with Crippen LogP contribution in [0.2, 0.25) is 0 Å². The van der Waals surface area contributed by atoms with Gasteiger partial charge < -0.3 is 15.5 Å². The van der Waals surface area contributed by atoms with Gasteiger partial charge in [-0.15, -0.1) is 0 Å². The van der Waals surface area contributed by atoms with E-state index in [0.717, 1.165) is 89.9 Å². The number of hydrogen-bond donors (Lipinski definition) is 3. The van der Waals surface area contributed by atoms with Crippen molar-refractivity contribution < 1.29 is 15.0 Å². The molecular weight excluding hydrogens is 903 g/mol. The third-order valence-corrected chi connectivity index (χ3v) is 14.3. The summed E-state index contributed by atoms with van der Waals surface area (Å²) in [4.78, 5) is 12.5. The lowest BCUT2D eigenvalue weighted by atomic mass is 10.0. The molecule has 4 nitrogen and oxygen atoms in total. The van der Waals surface area contributed by atoms with E-state index >= 15 is 0 Å². The Labute approximate surface area is 461 Å². The van der Waals surface area contributed by atoms with Crippen LogP contribution in [0.15, 0.2) is 109 Å². The molecule has 0 aromatic rings. The molecule has 2 atom stereocenters. The number of carbonyl (C=O) groups is 1. The monoisotopic (exact) mass is 1030 g/mol. The molecule has 426 valence electrons. The summed E-state index contributed by atoms with van der Waals surface area (Å²) in [6.45, 7) is 4.21. The fraction of sp³-hybridized carbons (Fsp3) is 0.729. The van der Waals surface area contributed by atoms with Crippen LogP contribution in [0, 0.1) is 0 Å². The maximum absolute atomic E-state index is 12.5. The zero-order valence-electron chi connectivity index (χ0n) is 49.1. The Bertz CT molecular complexity index is 1400. The van der Waals surface area contributed by atoms with E-state index < -0.39 is 12.1 Å². The van der Waals surface area contributed by atoms with Crippen LogP contribution in [-0.2, 0) is 4.79 Å². The van der Waals surface area contributed by atoms with Crippen LogP contribution in [0.4, 0.5) is 0 Å². The molecule has 0 spiro atoms. The van der Waals surface area contributed by atoms with Crippen molar-refractivity contribution >= 4 is 5.91 Å². The first kappa shape index (κ1) is 71.0. The first-order valence-corrected chi connectivity index (χ1v) is 32.1. The molecule has 4 heteroatoms. The molecule has 1 amide bonds. The second-order valence-electron chi connectivity index (χ2n) is 21.5. The van der Waals surface area contributed by atoms with E-state index in [2.05, 4.69) is 116 Å². The normalized spacial score (nSPS) is 13.5. The highest BCUT2D eigenvalue weighted by Crippen LogP contribution is 2.17. The van der Waals surface area contributed by atoms with Crippen LogP contribution in [0.25, 0.3) is 0 Å². The summed E-state index contributed by atoms with van der Waals surface area (Å²) in [5.74, 6) is -0.0736. The maximum atomic E-state index is 12.5. The van der Waals surface area contributed by atoms with Gasteiger partial charge in [-0.25, -0.2) is 0 Å². The average Bonchev–Trinajstić information content (AvgIpc) is 3.40. The predicted octanol–water partition coefficient (Wildman–Crippen LogP) is 21.8. The van der Waals surface area contributed by atoms with Crippen LogP contribution in [0.1, 0.15) is 309 Å². The van der Waals surface area contributed by atoms with E-state index in [9.17, 15) is 15.0 Å². The molecule has 0 bridgehead atoms. The van der Waals surface area contributed by atoms with Crippen LogP contribution < -0.4 is 5.32 Å². The molecule has 3 N–H and O–H groups in total. The molecule has 0 radical (unpaired) electrons. The second-order valence-corrected chi connectivity index (χ2v) is 21.5. The molecule has 2 unspecified atom stereocenters. The van der Waals surface area contributed by atoms with Crippen molar-refractivity contribution in [2.75, 3.05) is 6.61 Å². The van der Waals surface area contributed by atoms with Crippen molar-refractivity contribution in [1.82, 2.24) is 5.32 Å². The van der Waals surface area contributed by atoms with Gasteiger partial charge in [0.1, 0.15) is 0 Å². The fourth-order valence-electron chi connectivity index (χ4n) is 9.43. The van der Waals surface area contributed by atoms with Gasteiger partial charge in [0.15, 0.2) is 0 Å². The summed E-state index contributed by atoms with van der Waals surface area (Å²) in [7, 11) is 0. The van der Waals surface area contributed by atoms with Gasteiger partial charge in [-0.1, -0.05) is 329 Å². The Morgan fingerprint density at radius 2 is 0.595 bits per heavy atom. The first-order valence-electron chi connectivity index (χ1n) is 32.1. The molecule has 0 aromatic heterocycles. The highest BCUT2D eigenvalue weighted by molar-refractivity contribution is 5.76. The van der Waals surface area contributed by atoms with Gasteiger partial charge in [0.2, 0.25) is 5.91 Å². The van der Waals surface area contributed by atoms with Crippen molar-refractivity contribution in [3.63, 3.8) is 0 Å². The molecule has 74 heavy (non-hydrogen) atoms. The Morgan fingerprint density at radius 3 is 0.892 bits per heavy atom. The zero-order chi connectivity index (χ0) is 53.4. The molecule has 0 fully saturated rings. The van der Waals surface area contributed by atoms with Crippen molar-refractivity contribution in [2.45, 2.75) is 321 Å². The van der Waals surface area contributed by atoms with Gasteiger partial charge in [-0.05, 0) is 83.5 Å². The van der Waals surface area contributed by atoms with E-state index in [0.29, 0.717) is 6.42 Å². The van der Waals surface area contributed by atoms with Gasteiger partial charge >= 0.3 is 0 Å². The van der Waals surface area contributed by atoms with E-state index in [-0.39, 0.29) is 12.5 Å². The van der Waals surface area contributed by atoms with E-state index in [1.807, 2.05) is 6.08 Å². The van der Waals surface area contributed by atoms with Crippen molar-refractivity contribution in [3.05, 3.63) is 109 Å². The van der Waals surface area contributed by atoms with Crippen LogP contribution >= 0.6 is 0 Å². The third kappa shape index (κ3) is 59.9. The largest absolute Gasteiger partial charge is 0.394 e. The zero-order valence-corrected chi connectivity index (χ0v) is 49.1. The highest BCUT2D eigenvalue weighted by Gasteiger charge is 2.18. The predicted molar refractivity (Wildman–Crippen MR) is 331 cm³/mol. The van der Waals surface area contributed by atoms with Gasteiger partial charge in [0.05, 0.1) is 18.8 Å². The van der Waals surface area contributed by atoms with Gasteiger partial charge in [0, 0.05) is 6.42 Å². The molecule has 0 aliphatic carbocycles. The third-order valence-electron chi connectivity index (χ3n) is 14.3. The van der Waals surface area contributed by atoms with E-state index in [1.54, 1.807) is 6.08 Å². The lowest BCUT2D eigenvalue weighted by molar-refractivity contribution is -0.123. The Morgan fingerprint density at radius 1 is 0.338 bits per heavy atom. The quantitative estimate of drug-likeness (QED) is 0.0420.